The lowest BCUT2D eigenvalue weighted by Crippen LogP contribution is -2.16. The zero-order valence-corrected chi connectivity index (χ0v) is 19.5. The normalized spacial score (nSPS) is 11.2. The van der Waals surface area contributed by atoms with E-state index in [2.05, 4.69) is 70.6 Å². The molecule has 0 heterocycles. The molecule has 0 aromatic heterocycles. The molecule has 0 aliphatic rings. The van der Waals surface area contributed by atoms with Crippen LogP contribution in [0, 0.1) is 0 Å². The fraction of sp³-hybridized carbons (Fsp3) is 0.250. The number of unbranched alkanes of at least 4 members (excludes halogenated alkanes) is 1. The smallest absolute Gasteiger partial charge is 0.137 e. The first-order valence-electron chi connectivity index (χ1n) is 6.98. The van der Waals surface area contributed by atoms with Crippen molar-refractivity contribution < 1.29 is 10.2 Å². The highest BCUT2D eigenvalue weighted by Gasteiger charge is 2.23. The number of phenols is 2. The molecule has 7 heteroatoms. The first-order valence-corrected chi connectivity index (χ1v) is 11.7. The van der Waals surface area contributed by atoms with Crippen molar-refractivity contribution in [3.05, 3.63) is 42.2 Å². The number of hydrogen-bond donors (Lipinski definition) is 2. The molecule has 23 heavy (non-hydrogen) atoms. The quantitative estimate of drug-likeness (QED) is 0.398. The summed E-state index contributed by atoms with van der Waals surface area (Å²) in [7, 11) is -0.883. The third-order valence-electron chi connectivity index (χ3n) is 3.33. The molecule has 0 atom stereocenters. The Morgan fingerprint density at radius 3 is 1.65 bits per heavy atom. The van der Waals surface area contributed by atoms with Gasteiger partial charge >= 0.3 is 0 Å². The second kappa shape index (κ2) is 8.66. The standard InChI is InChI=1S/C16H15Br4O2P/c1-2-3-4-23(13-7-9(17)5-11(19)15(13)21)14-8-10(18)6-12(20)16(14)22/h5-8,21-22H,2-4H2,1H3. The fourth-order valence-corrected chi connectivity index (χ4v) is 8.03. The van der Waals surface area contributed by atoms with Crippen molar-refractivity contribution in [1.82, 2.24) is 0 Å². The maximum absolute atomic E-state index is 10.5. The Balaban J connectivity index is 2.63. The molecule has 2 nitrogen and oxygen atoms in total. The van der Waals surface area contributed by atoms with Gasteiger partial charge in [0.15, 0.2) is 0 Å². The molecule has 0 fully saturated rings. The highest BCUT2D eigenvalue weighted by molar-refractivity contribution is 9.11. The zero-order chi connectivity index (χ0) is 17.1. The summed E-state index contributed by atoms with van der Waals surface area (Å²) in [6, 6.07) is 7.52. The van der Waals surface area contributed by atoms with Crippen LogP contribution in [0.25, 0.3) is 0 Å². The molecule has 0 aliphatic heterocycles. The van der Waals surface area contributed by atoms with Gasteiger partial charge < -0.3 is 10.2 Å². The highest BCUT2D eigenvalue weighted by Crippen LogP contribution is 2.45. The summed E-state index contributed by atoms with van der Waals surface area (Å²) in [5.41, 5.74) is 0. The molecule has 0 saturated carbocycles. The molecule has 0 spiro atoms. The molecular formula is C16H15Br4O2P. The number of phenolic OH excluding ortho intramolecular Hbond substituents is 2. The molecule has 2 aromatic carbocycles. The van der Waals surface area contributed by atoms with Crippen LogP contribution in [0.5, 0.6) is 11.5 Å². The second-order valence-corrected chi connectivity index (χ2v) is 10.8. The van der Waals surface area contributed by atoms with Crippen molar-refractivity contribution >= 4 is 82.3 Å². The van der Waals surface area contributed by atoms with Crippen molar-refractivity contribution in [2.24, 2.45) is 0 Å². The first kappa shape index (κ1) is 19.7. The van der Waals surface area contributed by atoms with E-state index in [1.165, 1.54) is 0 Å². The molecule has 0 radical (unpaired) electrons. The Kier molecular flexibility index (Phi) is 7.42. The lowest BCUT2D eigenvalue weighted by molar-refractivity contribution is 0.475. The molecule has 2 rings (SSSR count). The van der Waals surface area contributed by atoms with E-state index in [4.69, 9.17) is 0 Å². The van der Waals surface area contributed by atoms with Crippen LogP contribution in [-0.2, 0) is 0 Å². The van der Waals surface area contributed by atoms with Crippen LogP contribution < -0.4 is 10.6 Å². The zero-order valence-electron chi connectivity index (χ0n) is 12.3. The van der Waals surface area contributed by atoms with Gasteiger partial charge in [0.05, 0.1) is 8.95 Å². The maximum atomic E-state index is 10.5. The fourth-order valence-electron chi connectivity index (χ4n) is 2.20. The van der Waals surface area contributed by atoms with Gasteiger partial charge in [-0.2, -0.15) is 0 Å². The monoisotopic (exact) mass is 586 g/mol. The van der Waals surface area contributed by atoms with Crippen molar-refractivity contribution in [2.45, 2.75) is 19.8 Å². The van der Waals surface area contributed by atoms with E-state index in [9.17, 15) is 10.2 Å². The first-order chi connectivity index (χ1) is 10.8. The lowest BCUT2D eigenvalue weighted by Gasteiger charge is -2.22. The summed E-state index contributed by atoms with van der Waals surface area (Å²) in [6.45, 7) is 2.14. The molecule has 0 saturated heterocycles. The average molecular weight is 590 g/mol. The molecule has 0 amide bonds. The number of halogens is 4. The van der Waals surface area contributed by atoms with E-state index in [0.29, 0.717) is 8.95 Å². The van der Waals surface area contributed by atoms with Crippen molar-refractivity contribution in [1.29, 1.82) is 0 Å². The van der Waals surface area contributed by atoms with Crippen LogP contribution in [0.3, 0.4) is 0 Å². The Labute approximate surface area is 171 Å². The van der Waals surface area contributed by atoms with Gasteiger partial charge in [0.2, 0.25) is 0 Å². The topological polar surface area (TPSA) is 40.5 Å². The van der Waals surface area contributed by atoms with E-state index in [1.807, 2.05) is 24.3 Å². The summed E-state index contributed by atoms with van der Waals surface area (Å²) in [5, 5.41) is 22.8. The van der Waals surface area contributed by atoms with Crippen LogP contribution in [0.1, 0.15) is 19.8 Å². The van der Waals surface area contributed by atoms with E-state index < -0.39 is 7.92 Å². The number of aromatic hydroxyl groups is 2. The van der Waals surface area contributed by atoms with E-state index >= 15 is 0 Å². The number of hydrogen-bond acceptors (Lipinski definition) is 2. The summed E-state index contributed by atoms with van der Waals surface area (Å²) in [6.07, 6.45) is 2.99. The van der Waals surface area contributed by atoms with Gasteiger partial charge in [-0.3, -0.25) is 0 Å². The molecule has 2 N–H and O–H groups in total. The average Bonchev–Trinajstić information content (AvgIpc) is 2.48. The van der Waals surface area contributed by atoms with Gasteiger partial charge in [-0.05, 0) is 76.6 Å². The van der Waals surface area contributed by atoms with Crippen molar-refractivity contribution in [3.63, 3.8) is 0 Å². The molecule has 0 aliphatic carbocycles. The van der Waals surface area contributed by atoms with Gasteiger partial charge in [0.25, 0.3) is 0 Å². The Morgan fingerprint density at radius 2 is 1.26 bits per heavy atom. The summed E-state index contributed by atoms with van der Waals surface area (Å²) >= 11 is 13.8. The minimum absolute atomic E-state index is 0.242. The summed E-state index contributed by atoms with van der Waals surface area (Å²) in [4.78, 5) is 0. The molecule has 0 bridgehead atoms. The van der Waals surface area contributed by atoms with Crippen LogP contribution in [0.2, 0.25) is 0 Å². The van der Waals surface area contributed by atoms with E-state index in [1.54, 1.807) is 0 Å². The second-order valence-electron chi connectivity index (χ2n) is 5.02. The van der Waals surface area contributed by atoms with Crippen LogP contribution >= 0.6 is 71.6 Å². The van der Waals surface area contributed by atoms with E-state index in [0.717, 1.165) is 38.6 Å². The maximum Gasteiger partial charge on any atom is 0.137 e. The third-order valence-corrected chi connectivity index (χ3v) is 8.07. The van der Waals surface area contributed by atoms with Crippen molar-refractivity contribution in [2.75, 3.05) is 6.16 Å². The number of benzene rings is 2. The van der Waals surface area contributed by atoms with Gasteiger partial charge in [0, 0.05) is 19.6 Å². The Bertz CT molecular complexity index is 664. The van der Waals surface area contributed by atoms with Gasteiger partial charge in [-0.25, -0.2) is 0 Å². The molecule has 124 valence electrons. The van der Waals surface area contributed by atoms with Crippen molar-refractivity contribution in [3.8, 4) is 11.5 Å². The lowest BCUT2D eigenvalue weighted by atomic mass is 10.3. The number of rotatable bonds is 5. The summed E-state index contributed by atoms with van der Waals surface area (Å²) in [5.74, 6) is 0.483. The Hall–Kier alpha value is 0.390. The third kappa shape index (κ3) is 4.72. The molecule has 0 unspecified atom stereocenters. The predicted molar refractivity (Wildman–Crippen MR) is 113 cm³/mol. The highest BCUT2D eigenvalue weighted by atomic mass is 79.9. The van der Waals surface area contributed by atoms with Gasteiger partial charge in [-0.15, -0.1) is 0 Å². The predicted octanol–water partition coefficient (Wildman–Crippen LogP) is 6.38. The van der Waals surface area contributed by atoms with Gasteiger partial charge in [0.1, 0.15) is 11.5 Å². The largest absolute Gasteiger partial charge is 0.506 e. The molecule has 2 aromatic rings. The van der Waals surface area contributed by atoms with Crippen LogP contribution in [-0.4, -0.2) is 16.4 Å². The van der Waals surface area contributed by atoms with Crippen LogP contribution in [0.4, 0.5) is 0 Å². The Morgan fingerprint density at radius 1 is 0.826 bits per heavy atom. The minimum atomic E-state index is -0.883. The van der Waals surface area contributed by atoms with E-state index in [-0.39, 0.29) is 11.5 Å². The SMILES string of the molecule is CCCCP(c1cc(Br)cc(Br)c1O)c1cc(Br)cc(Br)c1O. The minimum Gasteiger partial charge on any atom is -0.506 e. The summed E-state index contributed by atoms with van der Waals surface area (Å²) < 4.78 is 3.10. The molecular weight excluding hydrogens is 575 g/mol. The van der Waals surface area contributed by atoms with Crippen LogP contribution in [0.15, 0.2) is 42.2 Å². The van der Waals surface area contributed by atoms with Gasteiger partial charge in [-0.1, -0.05) is 45.2 Å².